The van der Waals surface area contributed by atoms with Crippen LogP contribution in [-0.2, 0) is 10.0 Å². The Morgan fingerprint density at radius 2 is 1.83 bits per heavy atom. The standard InChI is InChI=1S/C11H16N2O4S/c1-7(2)12-18(16,17)10-5-8(3)9(4)11(6-10)13(14)15/h5-7,12H,1-4H3. The van der Waals surface area contributed by atoms with E-state index in [0.29, 0.717) is 11.1 Å². The Kier molecular flexibility index (Phi) is 4.08. The van der Waals surface area contributed by atoms with E-state index in [4.69, 9.17) is 0 Å². The van der Waals surface area contributed by atoms with Crippen LogP contribution in [0.15, 0.2) is 17.0 Å². The Labute approximate surface area is 106 Å². The van der Waals surface area contributed by atoms with Gasteiger partial charge in [-0.05, 0) is 39.3 Å². The van der Waals surface area contributed by atoms with Crippen molar-refractivity contribution in [3.63, 3.8) is 0 Å². The summed E-state index contributed by atoms with van der Waals surface area (Å²) in [6.45, 7) is 6.62. The molecule has 1 aromatic carbocycles. The summed E-state index contributed by atoms with van der Waals surface area (Å²) in [6, 6.07) is 2.26. The monoisotopic (exact) mass is 272 g/mol. The summed E-state index contributed by atoms with van der Waals surface area (Å²) in [7, 11) is -3.71. The van der Waals surface area contributed by atoms with Gasteiger partial charge in [0.2, 0.25) is 10.0 Å². The lowest BCUT2D eigenvalue weighted by molar-refractivity contribution is -0.385. The number of nitro benzene ring substituents is 1. The first kappa shape index (κ1) is 14.6. The van der Waals surface area contributed by atoms with Gasteiger partial charge in [-0.15, -0.1) is 0 Å². The average Bonchev–Trinajstić information content (AvgIpc) is 2.19. The molecule has 0 atom stereocenters. The molecule has 18 heavy (non-hydrogen) atoms. The van der Waals surface area contributed by atoms with Gasteiger partial charge >= 0.3 is 0 Å². The second-order valence-corrected chi connectivity index (χ2v) is 6.13. The topological polar surface area (TPSA) is 89.3 Å². The number of aryl methyl sites for hydroxylation is 1. The van der Waals surface area contributed by atoms with Crippen LogP contribution in [0.2, 0.25) is 0 Å². The molecular weight excluding hydrogens is 256 g/mol. The molecule has 0 aliphatic heterocycles. The normalized spacial score (nSPS) is 11.8. The van der Waals surface area contributed by atoms with Crippen LogP contribution < -0.4 is 4.72 Å². The highest BCUT2D eigenvalue weighted by Gasteiger charge is 2.22. The van der Waals surface area contributed by atoms with Gasteiger partial charge in [0, 0.05) is 17.7 Å². The van der Waals surface area contributed by atoms with Crippen molar-refractivity contribution in [1.82, 2.24) is 4.72 Å². The molecule has 1 N–H and O–H groups in total. The lowest BCUT2D eigenvalue weighted by Crippen LogP contribution is -2.30. The zero-order chi connectivity index (χ0) is 14.1. The largest absolute Gasteiger partial charge is 0.273 e. The summed E-state index contributed by atoms with van der Waals surface area (Å²) in [5.41, 5.74) is 0.871. The number of sulfonamides is 1. The Balaban J connectivity index is 3.40. The second-order valence-electron chi connectivity index (χ2n) is 4.42. The van der Waals surface area contributed by atoms with E-state index in [2.05, 4.69) is 4.72 Å². The van der Waals surface area contributed by atoms with Crippen molar-refractivity contribution in [1.29, 1.82) is 0 Å². The van der Waals surface area contributed by atoms with Gasteiger partial charge in [0.15, 0.2) is 0 Å². The SMILES string of the molecule is Cc1cc(S(=O)(=O)NC(C)C)cc([N+](=O)[O-])c1C. The van der Waals surface area contributed by atoms with Crippen molar-refractivity contribution >= 4 is 15.7 Å². The molecule has 0 radical (unpaired) electrons. The fourth-order valence-corrected chi connectivity index (χ4v) is 2.89. The van der Waals surface area contributed by atoms with Crippen LogP contribution in [0.3, 0.4) is 0 Å². The highest BCUT2D eigenvalue weighted by Crippen LogP contribution is 2.25. The molecule has 0 spiro atoms. The Morgan fingerprint density at radius 3 is 2.28 bits per heavy atom. The second kappa shape index (κ2) is 5.03. The zero-order valence-electron chi connectivity index (χ0n) is 10.7. The van der Waals surface area contributed by atoms with Gasteiger partial charge in [-0.3, -0.25) is 10.1 Å². The van der Waals surface area contributed by atoms with E-state index in [9.17, 15) is 18.5 Å². The Hall–Kier alpha value is -1.47. The molecule has 6 nitrogen and oxygen atoms in total. The molecule has 1 rings (SSSR count). The fourth-order valence-electron chi connectivity index (χ4n) is 1.53. The summed E-state index contributed by atoms with van der Waals surface area (Å²) >= 11 is 0. The van der Waals surface area contributed by atoms with Crippen molar-refractivity contribution in [3.8, 4) is 0 Å². The lowest BCUT2D eigenvalue weighted by Gasteiger charge is -2.11. The lowest BCUT2D eigenvalue weighted by atomic mass is 10.1. The zero-order valence-corrected chi connectivity index (χ0v) is 11.5. The van der Waals surface area contributed by atoms with Crippen LogP contribution in [0.4, 0.5) is 5.69 Å². The number of nitrogens with zero attached hydrogens (tertiary/aromatic N) is 1. The maximum absolute atomic E-state index is 11.9. The van der Waals surface area contributed by atoms with E-state index < -0.39 is 14.9 Å². The maximum Gasteiger partial charge on any atom is 0.273 e. The van der Waals surface area contributed by atoms with E-state index in [1.165, 1.54) is 6.07 Å². The summed E-state index contributed by atoms with van der Waals surface area (Å²) < 4.78 is 26.3. The Bertz CT molecular complexity index is 579. The first-order chi connectivity index (χ1) is 8.15. The molecule has 0 aromatic heterocycles. The summed E-state index contributed by atoms with van der Waals surface area (Å²) in [4.78, 5) is 10.2. The molecule has 0 saturated carbocycles. The highest BCUT2D eigenvalue weighted by molar-refractivity contribution is 7.89. The molecule has 0 fully saturated rings. The van der Waals surface area contributed by atoms with E-state index in [-0.39, 0.29) is 16.6 Å². The van der Waals surface area contributed by atoms with Crippen LogP contribution >= 0.6 is 0 Å². The fraction of sp³-hybridized carbons (Fsp3) is 0.455. The van der Waals surface area contributed by atoms with Gasteiger partial charge < -0.3 is 0 Å². The molecule has 0 saturated heterocycles. The van der Waals surface area contributed by atoms with Crippen LogP contribution in [0, 0.1) is 24.0 Å². The van der Waals surface area contributed by atoms with Gasteiger partial charge in [-0.25, -0.2) is 13.1 Å². The molecule has 100 valence electrons. The molecule has 0 amide bonds. The molecule has 0 heterocycles. The van der Waals surface area contributed by atoms with Gasteiger partial charge in [0.25, 0.3) is 5.69 Å². The number of hydrogen-bond donors (Lipinski definition) is 1. The predicted octanol–water partition coefficient (Wildman–Crippen LogP) is 1.90. The van der Waals surface area contributed by atoms with Crippen LogP contribution in [-0.4, -0.2) is 19.4 Å². The third-order valence-corrected chi connectivity index (χ3v) is 4.15. The molecule has 0 unspecified atom stereocenters. The predicted molar refractivity (Wildman–Crippen MR) is 68.0 cm³/mol. The first-order valence-corrected chi connectivity index (χ1v) is 6.91. The van der Waals surface area contributed by atoms with Gasteiger partial charge in [0.1, 0.15) is 0 Å². The number of rotatable bonds is 4. The van der Waals surface area contributed by atoms with Crippen LogP contribution in [0.25, 0.3) is 0 Å². The van der Waals surface area contributed by atoms with Crippen molar-refractivity contribution in [2.45, 2.75) is 38.6 Å². The quantitative estimate of drug-likeness (QED) is 0.669. The third kappa shape index (κ3) is 3.05. The number of nitrogens with one attached hydrogen (secondary N) is 1. The van der Waals surface area contributed by atoms with Crippen molar-refractivity contribution in [2.24, 2.45) is 0 Å². The van der Waals surface area contributed by atoms with E-state index >= 15 is 0 Å². The minimum atomic E-state index is -3.71. The number of benzene rings is 1. The molecular formula is C11H16N2O4S. The summed E-state index contributed by atoms with van der Waals surface area (Å²) in [5.74, 6) is 0. The molecule has 0 aliphatic carbocycles. The maximum atomic E-state index is 11.9. The van der Waals surface area contributed by atoms with Crippen LogP contribution in [0.1, 0.15) is 25.0 Å². The minimum Gasteiger partial charge on any atom is -0.258 e. The van der Waals surface area contributed by atoms with Gasteiger partial charge in [0.05, 0.1) is 9.82 Å². The third-order valence-electron chi connectivity index (χ3n) is 2.51. The molecule has 7 heteroatoms. The smallest absolute Gasteiger partial charge is 0.258 e. The Morgan fingerprint density at radius 1 is 1.28 bits per heavy atom. The van der Waals surface area contributed by atoms with Crippen molar-refractivity contribution in [2.75, 3.05) is 0 Å². The van der Waals surface area contributed by atoms with Crippen molar-refractivity contribution < 1.29 is 13.3 Å². The van der Waals surface area contributed by atoms with Crippen LogP contribution in [0.5, 0.6) is 0 Å². The van der Waals surface area contributed by atoms with Gasteiger partial charge in [-0.1, -0.05) is 0 Å². The number of nitro groups is 1. The average molecular weight is 272 g/mol. The van der Waals surface area contributed by atoms with E-state index in [0.717, 1.165) is 6.07 Å². The highest BCUT2D eigenvalue weighted by atomic mass is 32.2. The first-order valence-electron chi connectivity index (χ1n) is 5.43. The van der Waals surface area contributed by atoms with E-state index in [1.54, 1.807) is 27.7 Å². The number of hydrogen-bond acceptors (Lipinski definition) is 4. The molecule has 1 aromatic rings. The van der Waals surface area contributed by atoms with Gasteiger partial charge in [-0.2, -0.15) is 0 Å². The summed E-state index contributed by atoms with van der Waals surface area (Å²) in [6.07, 6.45) is 0. The molecule has 0 aliphatic rings. The summed E-state index contributed by atoms with van der Waals surface area (Å²) in [5, 5.41) is 10.9. The minimum absolute atomic E-state index is 0.0778. The van der Waals surface area contributed by atoms with Crippen molar-refractivity contribution in [3.05, 3.63) is 33.4 Å². The molecule has 0 bridgehead atoms. The van der Waals surface area contributed by atoms with E-state index in [1.807, 2.05) is 0 Å².